The third-order valence-corrected chi connectivity index (χ3v) is 2.31. The van der Waals surface area contributed by atoms with E-state index in [2.05, 4.69) is 5.32 Å². The fourth-order valence-corrected chi connectivity index (χ4v) is 1.44. The number of amides is 2. The highest BCUT2D eigenvalue weighted by molar-refractivity contribution is 5.98. The summed E-state index contributed by atoms with van der Waals surface area (Å²) in [4.78, 5) is 22.9. The van der Waals surface area contributed by atoms with Crippen LogP contribution in [0.15, 0.2) is 0 Å². The van der Waals surface area contributed by atoms with Crippen LogP contribution in [-0.4, -0.2) is 17.9 Å². The number of nitrogens with two attached hydrogens (primary N) is 1. The van der Waals surface area contributed by atoms with Crippen molar-refractivity contribution >= 4 is 11.8 Å². The van der Waals surface area contributed by atoms with Crippen molar-refractivity contribution in [1.82, 2.24) is 5.32 Å². The minimum Gasteiger partial charge on any atom is -0.320 e. The summed E-state index contributed by atoms with van der Waals surface area (Å²) in [6, 6.07) is -0.627. The van der Waals surface area contributed by atoms with Gasteiger partial charge in [0.2, 0.25) is 11.8 Å². The second kappa shape index (κ2) is 7.40. The van der Waals surface area contributed by atoms with Crippen LogP contribution in [0.3, 0.4) is 0 Å². The average molecular weight is 214 g/mol. The lowest BCUT2D eigenvalue weighted by atomic mass is 9.97. The van der Waals surface area contributed by atoms with Gasteiger partial charge in [-0.25, -0.2) is 0 Å². The summed E-state index contributed by atoms with van der Waals surface area (Å²) < 4.78 is 0. The summed E-state index contributed by atoms with van der Waals surface area (Å²) in [6.45, 7) is 5.63. The number of carbonyl (C=O) groups is 2. The van der Waals surface area contributed by atoms with E-state index in [1.807, 2.05) is 13.8 Å². The molecule has 2 amide bonds. The minimum absolute atomic E-state index is 0.0531. The van der Waals surface area contributed by atoms with E-state index in [0.29, 0.717) is 0 Å². The molecule has 0 unspecified atom stereocenters. The molecule has 1 atom stereocenters. The maximum absolute atomic E-state index is 11.7. The summed E-state index contributed by atoms with van der Waals surface area (Å²) >= 11 is 0. The Morgan fingerprint density at radius 3 is 1.93 bits per heavy atom. The van der Waals surface area contributed by atoms with E-state index in [4.69, 9.17) is 5.73 Å². The van der Waals surface area contributed by atoms with Crippen LogP contribution in [0.1, 0.15) is 46.5 Å². The molecule has 0 rings (SSSR count). The molecular formula is C11H22N2O2. The Balaban J connectivity index is 4.18. The van der Waals surface area contributed by atoms with Crippen LogP contribution in [0.4, 0.5) is 0 Å². The summed E-state index contributed by atoms with van der Waals surface area (Å²) in [7, 11) is 0. The van der Waals surface area contributed by atoms with E-state index < -0.39 is 11.9 Å². The van der Waals surface area contributed by atoms with Gasteiger partial charge in [0.1, 0.15) is 0 Å². The number of nitrogens with one attached hydrogen (secondary N) is 1. The molecule has 0 heterocycles. The summed E-state index contributed by atoms with van der Waals surface area (Å²) in [5, 5.41) is 2.35. The standard InChI is InChI=1S/C11H22N2O2/c1-4-6-9(7-5-2)11(15)13-10(14)8(3)12/h8-9H,4-7,12H2,1-3H3,(H,13,14,15)/t8-/m0/s1. The second-order valence-corrected chi connectivity index (χ2v) is 3.92. The molecule has 3 N–H and O–H groups in total. The monoisotopic (exact) mass is 214 g/mol. The summed E-state index contributed by atoms with van der Waals surface area (Å²) in [5.41, 5.74) is 5.37. The van der Waals surface area contributed by atoms with E-state index in [-0.39, 0.29) is 11.8 Å². The maximum Gasteiger partial charge on any atom is 0.243 e. The van der Waals surface area contributed by atoms with Gasteiger partial charge in [-0.05, 0) is 19.8 Å². The molecule has 4 heteroatoms. The number of carbonyl (C=O) groups excluding carboxylic acids is 2. The molecule has 88 valence electrons. The van der Waals surface area contributed by atoms with Gasteiger partial charge in [0.05, 0.1) is 6.04 Å². The topological polar surface area (TPSA) is 72.2 Å². The zero-order valence-corrected chi connectivity index (χ0v) is 9.88. The van der Waals surface area contributed by atoms with Gasteiger partial charge < -0.3 is 5.73 Å². The summed E-state index contributed by atoms with van der Waals surface area (Å²) in [6.07, 6.45) is 3.55. The fourth-order valence-electron chi connectivity index (χ4n) is 1.44. The number of hydrogen-bond acceptors (Lipinski definition) is 3. The van der Waals surface area contributed by atoms with Crippen molar-refractivity contribution in [2.45, 2.75) is 52.5 Å². The zero-order chi connectivity index (χ0) is 11.8. The van der Waals surface area contributed by atoms with Crippen molar-refractivity contribution in [3.8, 4) is 0 Å². The molecule has 0 saturated carbocycles. The van der Waals surface area contributed by atoms with Crippen LogP contribution in [0.2, 0.25) is 0 Å². The molecule has 0 aromatic rings. The van der Waals surface area contributed by atoms with Crippen molar-refractivity contribution in [2.24, 2.45) is 11.7 Å². The van der Waals surface area contributed by atoms with Gasteiger partial charge in [0, 0.05) is 5.92 Å². The molecular weight excluding hydrogens is 192 g/mol. The van der Waals surface area contributed by atoms with Crippen molar-refractivity contribution in [1.29, 1.82) is 0 Å². The Bertz CT molecular complexity index is 209. The number of imide groups is 1. The average Bonchev–Trinajstić information content (AvgIpc) is 2.17. The van der Waals surface area contributed by atoms with Gasteiger partial charge in [-0.3, -0.25) is 14.9 Å². The predicted octanol–water partition coefficient (Wildman–Crippen LogP) is 1.19. The normalized spacial score (nSPS) is 12.6. The van der Waals surface area contributed by atoms with Crippen LogP contribution in [0, 0.1) is 5.92 Å². The van der Waals surface area contributed by atoms with Crippen LogP contribution in [0.25, 0.3) is 0 Å². The highest BCUT2D eigenvalue weighted by Crippen LogP contribution is 2.13. The first kappa shape index (κ1) is 14.1. The molecule has 4 nitrogen and oxygen atoms in total. The maximum atomic E-state index is 11.7. The van der Waals surface area contributed by atoms with Crippen LogP contribution in [0.5, 0.6) is 0 Å². The van der Waals surface area contributed by atoms with Crippen LogP contribution >= 0.6 is 0 Å². The quantitative estimate of drug-likeness (QED) is 0.697. The molecule has 0 aliphatic heterocycles. The van der Waals surface area contributed by atoms with E-state index >= 15 is 0 Å². The van der Waals surface area contributed by atoms with Gasteiger partial charge in [-0.2, -0.15) is 0 Å². The number of hydrogen-bond donors (Lipinski definition) is 2. The lowest BCUT2D eigenvalue weighted by Crippen LogP contribution is -2.44. The highest BCUT2D eigenvalue weighted by Gasteiger charge is 2.19. The Morgan fingerprint density at radius 1 is 1.13 bits per heavy atom. The Labute approximate surface area is 91.6 Å². The summed E-state index contributed by atoms with van der Waals surface area (Å²) in [5.74, 6) is -0.624. The first-order valence-corrected chi connectivity index (χ1v) is 5.63. The lowest BCUT2D eigenvalue weighted by molar-refractivity contribution is -0.133. The number of rotatable bonds is 6. The molecule has 0 fully saturated rings. The first-order valence-electron chi connectivity index (χ1n) is 5.63. The van der Waals surface area contributed by atoms with Gasteiger partial charge in [-0.1, -0.05) is 26.7 Å². The van der Waals surface area contributed by atoms with E-state index in [0.717, 1.165) is 25.7 Å². The third kappa shape index (κ3) is 5.52. The highest BCUT2D eigenvalue weighted by atomic mass is 16.2. The van der Waals surface area contributed by atoms with E-state index in [1.165, 1.54) is 0 Å². The Morgan fingerprint density at radius 2 is 1.60 bits per heavy atom. The molecule has 0 aliphatic carbocycles. The SMILES string of the molecule is CCCC(CCC)C(=O)NC(=O)[C@H](C)N. The van der Waals surface area contributed by atoms with Crippen LogP contribution < -0.4 is 11.1 Å². The predicted molar refractivity (Wildman–Crippen MR) is 60.1 cm³/mol. The first-order chi connectivity index (χ1) is 7.02. The molecule has 0 saturated heterocycles. The van der Waals surface area contributed by atoms with Gasteiger partial charge in [0.25, 0.3) is 0 Å². The van der Waals surface area contributed by atoms with Crippen molar-refractivity contribution in [3.05, 3.63) is 0 Å². The molecule has 0 bridgehead atoms. The zero-order valence-electron chi connectivity index (χ0n) is 9.88. The molecule has 0 radical (unpaired) electrons. The van der Waals surface area contributed by atoms with E-state index in [1.54, 1.807) is 6.92 Å². The third-order valence-electron chi connectivity index (χ3n) is 2.31. The van der Waals surface area contributed by atoms with Gasteiger partial charge >= 0.3 is 0 Å². The van der Waals surface area contributed by atoms with Crippen molar-refractivity contribution in [2.75, 3.05) is 0 Å². The largest absolute Gasteiger partial charge is 0.320 e. The van der Waals surface area contributed by atoms with Crippen molar-refractivity contribution < 1.29 is 9.59 Å². The lowest BCUT2D eigenvalue weighted by Gasteiger charge is -2.15. The smallest absolute Gasteiger partial charge is 0.243 e. The fraction of sp³-hybridized carbons (Fsp3) is 0.818. The van der Waals surface area contributed by atoms with Crippen molar-refractivity contribution in [3.63, 3.8) is 0 Å². The minimum atomic E-state index is -0.627. The Hall–Kier alpha value is -0.900. The Kier molecular flexibility index (Phi) is 6.96. The van der Waals surface area contributed by atoms with E-state index in [9.17, 15) is 9.59 Å². The molecule has 0 aromatic heterocycles. The van der Waals surface area contributed by atoms with Crippen LogP contribution in [-0.2, 0) is 9.59 Å². The van der Waals surface area contributed by atoms with Gasteiger partial charge in [0.15, 0.2) is 0 Å². The molecule has 15 heavy (non-hydrogen) atoms. The second-order valence-electron chi connectivity index (χ2n) is 3.92. The van der Waals surface area contributed by atoms with Gasteiger partial charge in [-0.15, -0.1) is 0 Å². The molecule has 0 aliphatic rings. The molecule has 0 aromatic carbocycles. The molecule has 0 spiro atoms.